The molecule has 0 aliphatic carbocycles. The van der Waals surface area contributed by atoms with Gasteiger partial charge < -0.3 is 18.6 Å². The minimum Gasteiger partial charge on any atom is -0.496 e. The van der Waals surface area contributed by atoms with Gasteiger partial charge in [-0.1, -0.05) is 24.3 Å². The highest BCUT2D eigenvalue weighted by Gasteiger charge is 2.23. The van der Waals surface area contributed by atoms with Gasteiger partial charge in [-0.25, -0.2) is 0 Å². The first-order valence-electron chi connectivity index (χ1n) is 8.65. The highest BCUT2D eigenvalue weighted by molar-refractivity contribution is 5.91. The van der Waals surface area contributed by atoms with Crippen LogP contribution in [0.3, 0.4) is 0 Å². The molecule has 0 radical (unpaired) electrons. The minimum absolute atomic E-state index is 0.122. The predicted molar refractivity (Wildman–Crippen MR) is 102 cm³/mol. The van der Waals surface area contributed by atoms with Crippen LogP contribution < -0.4 is 10.3 Å². The summed E-state index contributed by atoms with van der Waals surface area (Å²) in [6.45, 7) is 2.21. The smallest absolute Gasteiger partial charge is 0.289 e. The number of methoxy groups -OCH3 is 1. The first-order chi connectivity index (χ1) is 13.0. The predicted octanol–water partition coefficient (Wildman–Crippen LogP) is 3.33. The molecule has 0 saturated heterocycles. The third-order valence-electron chi connectivity index (χ3n) is 4.59. The SMILES string of the molecule is COc1ccccc1C(C)N(C)C(=O)c1ccc(Cn2ccccc2=O)o1. The molecule has 1 atom stereocenters. The molecule has 3 aromatic rings. The third-order valence-corrected chi connectivity index (χ3v) is 4.59. The monoisotopic (exact) mass is 366 g/mol. The van der Waals surface area contributed by atoms with Gasteiger partial charge in [-0.2, -0.15) is 0 Å². The van der Waals surface area contributed by atoms with E-state index in [1.807, 2.05) is 31.2 Å². The lowest BCUT2D eigenvalue weighted by atomic mass is 10.1. The van der Waals surface area contributed by atoms with Crippen LogP contribution in [0.25, 0.3) is 0 Å². The third kappa shape index (κ3) is 3.95. The molecule has 27 heavy (non-hydrogen) atoms. The van der Waals surface area contributed by atoms with Gasteiger partial charge in [0.15, 0.2) is 5.76 Å². The van der Waals surface area contributed by atoms with Gasteiger partial charge >= 0.3 is 0 Å². The fraction of sp³-hybridized carbons (Fsp3) is 0.238. The number of rotatable bonds is 6. The molecule has 2 heterocycles. The van der Waals surface area contributed by atoms with Crippen molar-refractivity contribution in [2.45, 2.75) is 19.5 Å². The molecule has 0 bridgehead atoms. The fourth-order valence-electron chi connectivity index (χ4n) is 2.91. The van der Waals surface area contributed by atoms with Gasteiger partial charge in [0, 0.05) is 24.9 Å². The molecule has 0 spiro atoms. The van der Waals surface area contributed by atoms with E-state index in [2.05, 4.69) is 0 Å². The average Bonchev–Trinajstić information content (AvgIpc) is 3.16. The van der Waals surface area contributed by atoms with Crippen LogP contribution >= 0.6 is 0 Å². The Labute approximate surface area is 157 Å². The number of carbonyl (C=O) groups is 1. The van der Waals surface area contributed by atoms with Crippen molar-refractivity contribution in [3.8, 4) is 5.75 Å². The number of para-hydroxylation sites is 1. The van der Waals surface area contributed by atoms with E-state index in [-0.39, 0.29) is 29.8 Å². The second-order valence-electron chi connectivity index (χ2n) is 6.27. The van der Waals surface area contributed by atoms with Crippen molar-refractivity contribution < 1.29 is 13.9 Å². The number of benzene rings is 1. The fourth-order valence-corrected chi connectivity index (χ4v) is 2.91. The Bertz CT molecular complexity index is 989. The van der Waals surface area contributed by atoms with Gasteiger partial charge in [-0.05, 0) is 31.2 Å². The standard InChI is InChI=1S/C21H22N2O4/c1-15(17-8-4-5-9-18(17)26-3)22(2)21(25)19-12-11-16(27-19)14-23-13-7-6-10-20(23)24/h4-13,15H,14H2,1-3H3. The van der Waals surface area contributed by atoms with Crippen molar-refractivity contribution in [3.05, 3.63) is 88.2 Å². The molecule has 2 aromatic heterocycles. The lowest BCUT2D eigenvalue weighted by molar-refractivity contribution is 0.0706. The Balaban J connectivity index is 1.77. The van der Waals surface area contributed by atoms with Crippen molar-refractivity contribution in [3.63, 3.8) is 0 Å². The summed E-state index contributed by atoms with van der Waals surface area (Å²) in [6, 6.07) is 15.7. The average molecular weight is 366 g/mol. The summed E-state index contributed by atoms with van der Waals surface area (Å²) in [5.41, 5.74) is 0.794. The summed E-state index contributed by atoms with van der Waals surface area (Å²) in [4.78, 5) is 26.2. The van der Waals surface area contributed by atoms with Crippen LogP contribution in [0.5, 0.6) is 5.75 Å². The maximum atomic E-state index is 12.8. The summed E-state index contributed by atoms with van der Waals surface area (Å²) in [6.07, 6.45) is 1.68. The molecule has 6 nitrogen and oxygen atoms in total. The molecule has 1 aromatic carbocycles. The summed E-state index contributed by atoms with van der Waals surface area (Å²) < 4.78 is 12.6. The van der Waals surface area contributed by atoms with E-state index in [0.29, 0.717) is 5.76 Å². The lowest BCUT2D eigenvalue weighted by Crippen LogP contribution is -2.29. The quantitative estimate of drug-likeness (QED) is 0.671. The van der Waals surface area contributed by atoms with E-state index >= 15 is 0 Å². The Morgan fingerprint density at radius 2 is 1.89 bits per heavy atom. The maximum absolute atomic E-state index is 12.8. The number of amides is 1. The number of ether oxygens (including phenoxy) is 1. The zero-order valence-corrected chi connectivity index (χ0v) is 15.6. The van der Waals surface area contributed by atoms with E-state index in [9.17, 15) is 9.59 Å². The Morgan fingerprint density at radius 1 is 1.15 bits per heavy atom. The van der Waals surface area contributed by atoms with Gasteiger partial charge in [-0.3, -0.25) is 9.59 Å². The molecule has 1 amide bonds. The highest BCUT2D eigenvalue weighted by Crippen LogP contribution is 2.29. The number of carbonyl (C=O) groups excluding carboxylic acids is 1. The van der Waals surface area contributed by atoms with E-state index in [4.69, 9.17) is 9.15 Å². The molecule has 0 aliphatic rings. The minimum atomic E-state index is -0.236. The van der Waals surface area contributed by atoms with Crippen molar-refractivity contribution in [1.82, 2.24) is 9.47 Å². The van der Waals surface area contributed by atoms with Gasteiger partial charge in [-0.15, -0.1) is 0 Å². The van der Waals surface area contributed by atoms with Crippen molar-refractivity contribution >= 4 is 5.91 Å². The van der Waals surface area contributed by atoms with Gasteiger partial charge in [0.2, 0.25) is 0 Å². The van der Waals surface area contributed by atoms with Crippen LogP contribution in [0, 0.1) is 0 Å². The topological polar surface area (TPSA) is 64.7 Å². The highest BCUT2D eigenvalue weighted by atomic mass is 16.5. The molecule has 1 unspecified atom stereocenters. The summed E-state index contributed by atoms with van der Waals surface area (Å²) in [5, 5.41) is 0. The van der Waals surface area contributed by atoms with Crippen LogP contribution in [0.15, 0.2) is 70.0 Å². The number of pyridine rings is 1. The summed E-state index contributed by atoms with van der Waals surface area (Å²) >= 11 is 0. The molecule has 0 aliphatic heterocycles. The molecular formula is C21H22N2O4. The normalized spacial score (nSPS) is 11.8. The van der Waals surface area contributed by atoms with Gasteiger partial charge in [0.1, 0.15) is 11.5 Å². The van der Waals surface area contributed by atoms with Crippen molar-refractivity contribution in [2.24, 2.45) is 0 Å². The number of furan rings is 1. The Morgan fingerprint density at radius 3 is 2.63 bits per heavy atom. The summed E-state index contributed by atoms with van der Waals surface area (Å²) in [7, 11) is 3.33. The van der Waals surface area contributed by atoms with Crippen LogP contribution in [0.4, 0.5) is 0 Å². The molecule has 0 saturated carbocycles. The van der Waals surface area contributed by atoms with E-state index in [1.165, 1.54) is 10.6 Å². The molecule has 140 valence electrons. The van der Waals surface area contributed by atoms with E-state index < -0.39 is 0 Å². The van der Waals surface area contributed by atoms with E-state index in [0.717, 1.165) is 11.3 Å². The lowest BCUT2D eigenvalue weighted by Gasteiger charge is -2.25. The molecule has 3 rings (SSSR count). The zero-order chi connectivity index (χ0) is 19.4. The number of hydrogen-bond acceptors (Lipinski definition) is 4. The van der Waals surface area contributed by atoms with Crippen LogP contribution in [-0.4, -0.2) is 29.5 Å². The molecule has 0 N–H and O–H groups in total. The first-order valence-corrected chi connectivity index (χ1v) is 8.65. The van der Waals surface area contributed by atoms with Crippen LogP contribution in [0.1, 0.15) is 34.8 Å². The van der Waals surface area contributed by atoms with Crippen molar-refractivity contribution in [2.75, 3.05) is 14.2 Å². The van der Waals surface area contributed by atoms with Crippen LogP contribution in [-0.2, 0) is 6.54 Å². The first kappa shape index (κ1) is 18.5. The molecular weight excluding hydrogens is 344 g/mol. The second kappa shape index (κ2) is 7.95. The molecule has 0 fully saturated rings. The van der Waals surface area contributed by atoms with Gasteiger partial charge in [0.25, 0.3) is 11.5 Å². The second-order valence-corrected chi connectivity index (χ2v) is 6.27. The van der Waals surface area contributed by atoms with E-state index in [1.54, 1.807) is 49.5 Å². The maximum Gasteiger partial charge on any atom is 0.289 e. The zero-order valence-electron chi connectivity index (χ0n) is 15.6. The van der Waals surface area contributed by atoms with Crippen molar-refractivity contribution in [1.29, 1.82) is 0 Å². The Kier molecular flexibility index (Phi) is 5.45. The number of nitrogens with zero attached hydrogens (tertiary/aromatic N) is 2. The number of aromatic nitrogens is 1. The van der Waals surface area contributed by atoms with Gasteiger partial charge in [0.05, 0.1) is 19.7 Å². The summed E-state index contributed by atoms with van der Waals surface area (Å²) in [5.74, 6) is 1.27. The molecule has 6 heteroatoms. The number of hydrogen-bond donors (Lipinski definition) is 0. The van der Waals surface area contributed by atoms with Crippen LogP contribution in [0.2, 0.25) is 0 Å². The largest absolute Gasteiger partial charge is 0.496 e. The Hall–Kier alpha value is -3.28.